The third-order valence-electron chi connectivity index (χ3n) is 4.03. The van der Waals surface area contributed by atoms with Crippen LogP contribution in [-0.2, 0) is 6.42 Å². The minimum absolute atomic E-state index is 0.569. The number of hydrogen-bond acceptors (Lipinski definition) is 2. The molecule has 2 atom stereocenters. The molecule has 21 heavy (non-hydrogen) atoms. The molecule has 0 bridgehead atoms. The van der Waals surface area contributed by atoms with Gasteiger partial charge < -0.3 is 5.32 Å². The van der Waals surface area contributed by atoms with E-state index < -0.39 is 0 Å². The summed E-state index contributed by atoms with van der Waals surface area (Å²) in [5.74, 6) is 0.569. The number of rotatable bonds is 5. The zero-order valence-corrected chi connectivity index (χ0v) is 14.6. The first-order chi connectivity index (χ1) is 10.3. The van der Waals surface area contributed by atoms with E-state index in [-0.39, 0.29) is 0 Å². The van der Waals surface area contributed by atoms with Crippen LogP contribution in [-0.4, -0.2) is 18.8 Å². The Morgan fingerprint density at radius 3 is 2.86 bits per heavy atom. The van der Waals surface area contributed by atoms with Crippen molar-refractivity contribution in [2.45, 2.75) is 28.9 Å². The molecule has 0 aromatic heterocycles. The Balaban J connectivity index is 1.72. The van der Waals surface area contributed by atoms with Gasteiger partial charge in [0.25, 0.3) is 0 Å². The predicted octanol–water partition coefficient (Wildman–Crippen LogP) is 4.86. The summed E-state index contributed by atoms with van der Waals surface area (Å²) in [6, 6.07) is 17.6. The van der Waals surface area contributed by atoms with E-state index in [0.29, 0.717) is 11.2 Å². The highest BCUT2D eigenvalue weighted by Crippen LogP contribution is 2.41. The third kappa shape index (κ3) is 3.71. The molecule has 1 aliphatic rings. The molecule has 110 valence electrons. The Kier molecular flexibility index (Phi) is 5.04. The van der Waals surface area contributed by atoms with Gasteiger partial charge in [-0.1, -0.05) is 46.3 Å². The molecule has 0 saturated heterocycles. The zero-order chi connectivity index (χ0) is 14.7. The van der Waals surface area contributed by atoms with E-state index in [4.69, 9.17) is 0 Å². The van der Waals surface area contributed by atoms with Crippen molar-refractivity contribution < 1.29 is 0 Å². The van der Waals surface area contributed by atoms with Crippen molar-refractivity contribution in [1.82, 2.24) is 5.32 Å². The van der Waals surface area contributed by atoms with Crippen LogP contribution >= 0.6 is 27.7 Å². The molecule has 0 fully saturated rings. The largest absolute Gasteiger partial charge is 0.319 e. The van der Waals surface area contributed by atoms with Crippen LogP contribution in [0.25, 0.3) is 0 Å². The lowest BCUT2D eigenvalue weighted by molar-refractivity contribution is 0.571. The van der Waals surface area contributed by atoms with Gasteiger partial charge in [0, 0.05) is 21.2 Å². The zero-order valence-electron chi connectivity index (χ0n) is 12.2. The molecule has 1 heterocycles. The van der Waals surface area contributed by atoms with E-state index in [2.05, 4.69) is 69.8 Å². The fraction of sp³-hybridized carbons (Fsp3) is 0.333. The lowest BCUT2D eigenvalue weighted by Crippen LogP contribution is -2.20. The van der Waals surface area contributed by atoms with Crippen LogP contribution in [0.3, 0.4) is 0 Å². The van der Waals surface area contributed by atoms with Crippen LogP contribution in [0.1, 0.15) is 23.5 Å². The highest BCUT2D eigenvalue weighted by atomic mass is 79.9. The highest BCUT2D eigenvalue weighted by molar-refractivity contribution is 9.10. The first-order valence-electron chi connectivity index (χ1n) is 7.41. The van der Waals surface area contributed by atoms with Crippen molar-refractivity contribution in [3.63, 3.8) is 0 Å². The molecule has 1 nitrogen and oxygen atoms in total. The maximum absolute atomic E-state index is 3.59. The molecule has 3 heteroatoms. The number of halogens is 1. The molecule has 0 amide bonds. The SMILES string of the molecule is CNCC(CC1Cc2ccccc2S1)c1cccc(Br)c1. The second-order valence-electron chi connectivity index (χ2n) is 5.60. The van der Waals surface area contributed by atoms with E-state index in [1.54, 1.807) is 0 Å². The molecule has 0 aliphatic carbocycles. The first kappa shape index (κ1) is 15.1. The van der Waals surface area contributed by atoms with Crippen molar-refractivity contribution in [3.05, 3.63) is 64.1 Å². The van der Waals surface area contributed by atoms with Gasteiger partial charge in [-0.25, -0.2) is 0 Å². The van der Waals surface area contributed by atoms with Crippen LogP contribution in [0.5, 0.6) is 0 Å². The Labute approximate surface area is 139 Å². The van der Waals surface area contributed by atoms with Gasteiger partial charge in [0.15, 0.2) is 0 Å². The van der Waals surface area contributed by atoms with Crippen LogP contribution in [0, 0.1) is 0 Å². The molecule has 1 N–H and O–H groups in total. The normalized spacial score (nSPS) is 18.5. The molecular weight excluding hydrogens is 342 g/mol. The molecule has 0 spiro atoms. The molecular formula is C18H20BrNS. The first-order valence-corrected chi connectivity index (χ1v) is 9.08. The van der Waals surface area contributed by atoms with Crippen LogP contribution in [0.2, 0.25) is 0 Å². The van der Waals surface area contributed by atoms with Crippen molar-refractivity contribution in [2.75, 3.05) is 13.6 Å². The van der Waals surface area contributed by atoms with E-state index in [1.807, 2.05) is 18.8 Å². The Hall–Kier alpha value is -0.770. The molecule has 0 saturated carbocycles. The van der Waals surface area contributed by atoms with Gasteiger partial charge in [0.1, 0.15) is 0 Å². The lowest BCUT2D eigenvalue weighted by atomic mass is 9.92. The number of hydrogen-bond donors (Lipinski definition) is 1. The standard InChI is InChI=1S/C18H20BrNS/c1-20-12-15(13-6-4-7-16(19)9-13)11-17-10-14-5-2-3-8-18(14)21-17/h2-9,15,17,20H,10-12H2,1H3. The summed E-state index contributed by atoms with van der Waals surface area (Å²) >= 11 is 5.64. The summed E-state index contributed by atoms with van der Waals surface area (Å²) in [4.78, 5) is 1.47. The summed E-state index contributed by atoms with van der Waals surface area (Å²) in [5.41, 5.74) is 2.94. The van der Waals surface area contributed by atoms with Crippen LogP contribution in [0.15, 0.2) is 57.9 Å². The number of nitrogens with one attached hydrogen (secondary N) is 1. The molecule has 2 aromatic carbocycles. The van der Waals surface area contributed by atoms with Crippen LogP contribution < -0.4 is 5.32 Å². The maximum atomic E-state index is 3.59. The Morgan fingerprint density at radius 1 is 1.24 bits per heavy atom. The topological polar surface area (TPSA) is 12.0 Å². The van der Waals surface area contributed by atoms with Gasteiger partial charge >= 0.3 is 0 Å². The average Bonchev–Trinajstić information content (AvgIpc) is 2.89. The van der Waals surface area contributed by atoms with Gasteiger partial charge in [-0.15, -0.1) is 11.8 Å². The summed E-state index contributed by atoms with van der Waals surface area (Å²) in [7, 11) is 2.04. The number of likely N-dealkylation sites (N-methyl/N-ethyl adjacent to an activating group) is 1. The van der Waals surface area contributed by atoms with Crippen LogP contribution in [0.4, 0.5) is 0 Å². The second-order valence-corrected chi connectivity index (χ2v) is 7.85. The quantitative estimate of drug-likeness (QED) is 0.815. The third-order valence-corrected chi connectivity index (χ3v) is 5.87. The van der Waals surface area contributed by atoms with E-state index in [9.17, 15) is 0 Å². The van der Waals surface area contributed by atoms with Gasteiger partial charge in [-0.05, 0) is 55.1 Å². The summed E-state index contributed by atoms with van der Waals surface area (Å²) in [5, 5.41) is 4.05. The van der Waals surface area contributed by atoms with Crippen molar-refractivity contribution in [3.8, 4) is 0 Å². The van der Waals surface area contributed by atoms with Gasteiger partial charge in [0.2, 0.25) is 0 Å². The molecule has 1 aliphatic heterocycles. The molecule has 2 aromatic rings. The van der Waals surface area contributed by atoms with E-state index >= 15 is 0 Å². The lowest BCUT2D eigenvalue weighted by Gasteiger charge is -2.20. The predicted molar refractivity (Wildman–Crippen MR) is 95.2 cm³/mol. The average molecular weight is 362 g/mol. The summed E-state index contributed by atoms with van der Waals surface area (Å²) in [6.07, 6.45) is 2.42. The summed E-state index contributed by atoms with van der Waals surface area (Å²) < 4.78 is 1.17. The van der Waals surface area contributed by atoms with E-state index in [1.165, 1.54) is 33.3 Å². The minimum Gasteiger partial charge on any atom is -0.319 e. The Morgan fingerprint density at radius 2 is 2.10 bits per heavy atom. The Bertz CT molecular complexity index is 589. The molecule has 3 rings (SSSR count). The van der Waals surface area contributed by atoms with Crippen molar-refractivity contribution in [2.24, 2.45) is 0 Å². The van der Waals surface area contributed by atoms with Gasteiger partial charge in [0.05, 0.1) is 0 Å². The molecule has 2 unspecified atom stereocenters. The highest BCUT2D eigenvalue weighted by Gasteiger charge is 2.25. The summed E-state index contributed by atoms with van der Waals surface area (Å²) in [6.45, 7) is 1.03. The fourth-order valence-electron chi connectivity index (χ4n) is 3.05. The van der Waals surface area contributed by atoms with Crippen molar-refractivity contribution >= 4 is 27.7 Å². The van der Waals surface area contributed by atoms with Crippen molar-refractivity contribution in [1.29, 1.82) is 0 Å². The minimum atomic E-state index is 0.569. The molecule has 0 radical (unpaired) electrons. The number of fused-ring (bicyclic) bond motifs is 1. The fourth-order valence-corrected chi connectivity index (χ4v) is 4.87. The second kappa shape index (κ2) is 6.99. The monoisotopic (exact) mass is 361 g/mol. The smallest absolute Gasteiger partial charge is 0.0178 e. The number of thioether (sulfide) groups is 1. The van der Waals surface area contributed by atoms with Gasteiger partial charge in [-0.3, -0.25) is 0 Å². The number of benzene rings is 2. The maximum Gasteiger partial charge on any atom is 0.0178 e. The van der Waals surface area contributed by atoms with Gasteiger partial charge in [-0.2, -0.15) is 0 Å². The van der Waals surface area contributed by atoms with E-state index in [0.717, 1.165) is 6.54 Å².